The van der Waals surface area contributed by atoms with Crippen molar-refractivity contribution in [1.82, 2.24) is 4.98 Å². The van der Waals surface area contributed by atoms with Gasteiger partial charge in [0.05, 0.1) is 38.5 Å². The lowest BCUT2D eigenvalue weighted by molar-refractivity contribution is -0.118. The molecule has 0 fully saturated rings. The van der Waals surface area contributed by atoms with E-state index in [1.54, 1.807) is 38.5 Å². The van der Waals surface area contributed by atoms with Gasteiger partial charge in [-0.05, 0) is 42.0 Å². The van der Waals surface area contributed by atoms with Crippen LogP contribution in [0.25, 0.3) is 10.2 Å². The number of hydrogen-bond donors (Lipinski definition) is 0. The molecule has 0 saturated heterocycles. The largest absolute Gasteiger partial charge is 0.497 e. The fourth-order valence-corrected chi connectivity index (χ4v) is 6.00. The van der Waals surface area contributed by atoms with E-state index >= 15 is 0 Å². The highest BCUT2D eigenvalue weighted by Gasteiger charge is 2.25. The van der Waals surface area contributed by atoms with E-state index in [0.717, 1.165) is 10.3 Å². The van der Waals surface area contributed by atoms with Gasteiger partial charge >= 0.3 is 0 Å². The van der Waals surface area contributed by atoms with Crippen molar-refractivity contribution >= 4 is 42.4 Å². The first-order valence-corrected chi connectivity index (χ1v) is 13.6. The Morgan fingerprint density at radius 2 is 1.56 bits per heavy atom. The number of sulfone groups is 1. The Morgan fingerprint density at radius 1 is 0.889 bits per heavy atom. The number of ether oxygens (including phenoxy) is 3. The normalized spacial score (nSPS) is 11.3. The summed E-state index contributed by atoms with van der Waals surface area (Å²) in [7, 11) is 0.956. The molecule has 4 aromatic rings. The van der Waals surface area contributed by atoms with Gasteiger partial charge in [-0.2, -0.15) is 0 Å². The van der Waals surface area contributed by atoms with Crippen molar-refractivity contribution in [3.05, 3.63) is 72.3 Å². The highest BCUT2D eigenvalue weighted by atomic mass is 32.2. The molecule has 1 amide bonds. The summed E-state index contributed by atoms with van der Waals surface area (Å²) in [4.78, 5) is 19.8. The van der Waals surface area contributed by atoms with Gasteiger partial charge in [0.1, 0.15) is 27.5 Å². The van der Waals surface area contributed by atoms with Crippen molar-refractivity contribution < 1.29 is 27.4 Å². The summed E-state index contributed by atoms with van der Waals surface area (Å²) in [5.74, 6) is 1.04. The SMILES string of the molecule is COc1ccc(S(=O)(=O)CCC(=O)N(Cc2ccccc2)c2nc3c(OC)ccc(OC)c3s2)cc1. The van der Waals surface area contributed by atoms with Crippen LogP contribution in [0.5, 0.6) is 17.2 Å². The number of anilines is 1. The molecule has 0 bridgehead atoms. The third kappa shape index (κ3) is 5.44. The average Bonchev–Trinajstić information content (AvgIpc) is 3.35. The van der Waals surface area contributed by atoms with Crippen LogP contribution in [0.15, 0.2) is 71.6 Å². The fourth-order valence-electron chi connectivity index (χ4n) is 3.68. The summed E-state index contributed by atoms with van der Waals surface area (Å²) < 4.78 is 42.6. The zero-order chi connectivity index (χ0) is 25.7. The number of carbonyl (C=O) groups excluding carboxylic acids is 1. The van der Waals surface area contributed by atoms with Gasteiger partial charge in [0, 0.05) is 6.42 Å². The van der Waals surface area contributed by atoms with Crippen LogP contribution in [0.1, 0.15) is 12.0 Å². The summed E-state index contributed by atoms with van der Waals surface area (Å²) in [6, 6.07) is 19.1. The molecule has 0 saturated carbocycles. The van der Waals surface area contributed by atoms with E-state index in [9.17, 15) is 13.2 Å². The van der Waals surface area contributed by atoms with Crippen molar-refractivity contribution in [3.8, 4) is 17.2 Å². The van der Waals surface area contributed by atoms with Crippen LogP contribution in [-0.4, -0.2) is 46.4 Å². The maximum absolute atomic E-state index is 13.5. The predicted molar refractivity (Wildman–Crippen MR) is 140 cm³/mol. The van der Waals surface area contributed by atoms with Crippen LogP contribution in [-0.2, 0) is 21.2 Å². The first-order chi connectivity index (χ1) is 17.4. The predicted octanol–water partition coefficient (Wildman–Crippen LogP) is 4.72. The summed E-state index contributed by atoms with van der Waals surface area (Å²) in [5.41, 5.74) is 1.47. The smallest absolute Gasteiger partial charge is 0.230 e. The van der Waals surface area contributed by atoms with Crippen molar-refractivity contribution in [2.75, 3.05) is 32.0 Å². The maximum atomic E-state index is 13.5. The van der Waals surface area contributed by atoms with E-state index in [1.165, 1.54) is 35.5 Å². The van der Waals surface area contributed by atoms with E-state index in [4.69, 9.17) is 14.2 Å². The number of benzene rings is 3. The molecule has 1 heterocycles. The minimum atomic E-state index is -3.67. The first-order valence-electron chi connectivity index (χ1n) is 11.1. The number of fused-ring (bicyclic) bond motifs is 1. The summed E-state index contributed by atoms with van der Waals surface area (Å²) in [6.07, 6.45) is -0.203. The molecule has 0 unspecified atom stereocenters. The Morgan fingerprint density at radius 3 is 2.19 bits per heavy atom. The standard InChI is InChI=1S/C26H26N2O6S2/c1-32-19-9-11-20(12-10-19)36(30,31)16-15-23(29)28(17-18-7-5-4-6-8-18)26-27-24-21(33-2)13-14-22(34-3)25(24)35-26/h4-14H,15-17H2,1-3H3. The molecule has 0 aliphatic rings. The zero-order valence-electron chi connectivity index (χ0n) is 20.1. The van der Waals surface area contributed by atoms with E-state index in [-0.39, 0.29) is 29.5 Å². The second-order valence-corrected chi connectivity index (χ2v) is 10.9. The quantitative estimate of drug-likeness (QED) is 0.295. The van der Waals surface area contributed by atoms with Gasteiger partial charge < -0.3 is 14.2 Å². The Labute approximate surface area is 214 Å². The van der Waals surface area contributed by atoms with Gasteiger partial charge in [0.15, 0.2) is 15.0 Å². The number of rotatable bonds is 10. The molecule has 0 atom stereocenters. The maximum Gasteiger partial charge on any atom is 0.230 e. The van der Waals surface area contributed by atoms with Gasteiger partial charge in [-0.25, -0.2) is 13.4 Å². The van der Waals surface area contributed by atoms with E-state index in [2.05, 4.69) is 4.98 Å². The second-order valence-electron chi connectivity index (χ2n) is 7.85. The minimum absolute atomic E-state index is 0.139. The highest BCUT2D eigenvalue weighted by Crippen LogP contribution is 2.40. The molecule has 0 spiro atoms. The lowest BCUT2D eigenvalue weighted by Crippen LogP contribution is -2.31. The molecule has 36 heavy (non-hydrogen) atoms. The van der Waals surface area contributed by atoms with Gasteiger partial charge in [0.2, 0.25) is 5.91 Å². The number of thiazole rings is 1. The van der Waals surface area contributed by atoms with Crippen LogP contribution < -0.4 is 19.1 Å². The minimum Gasteiger partial charge on any atom is -0.497 e. The van der Waals surface area contributed by atoms with Crippen molar-refractivity contribution in [1.29, 1.82) is 0 Å². The van der Waals surface area contributed by atoms with Gasteiger partial charge in [-0.3, -0.25) is 9.69 Å². The molecule has 8 nitrogen and oxygen atoms in total. The number of carbonyl (C=O) groups is 1. The van der Waals surface area contributed by atoms with Crippen LogP contribution in [0.2, 0.25) is 0 Å². The van der Waals surface area contributed by atoms with Gasteiger partial charge in [-0.15, -0.1) is 0 Å². The number of hydrogen-bond acceptors (Lipinski definition) is 8. The molecule has 3 aromatic carbocycles. The number of methoxy groups -OCH3 is 3. The van der Waals surface area contributed by atoms with Crippen LogP contribution in [0, 0.1) is 0 Å². The zero-order valence-corrected chi connectivity index (χ0v) is 21.8. The Hall–Kier alpha value is -3.63. The molecule has 0 aliphatic carbocycles. The fraction of sp³-hybridized carbons (Fsp3) is 0.231. The molecule has 10 heteroatoms. The van der Waals surface area contributed by atoms with Crippen LogP contribution in [0.3, 0.4) is 0 Å². The molecular weight excluding hydrogens is 500 g/mol. The molecular formula is C26H26N2O6S2. The van der Waals surface area contributed by atoms with Crippen LogP contribution >= 0.6 is 11.3 Å². The van der Waals surface area contributed by atoms with Gasteiger partial charge in [0.25, 0.3) is 0 Å². The van der Waals surface area contributed by atoms with E-state index in [1.807, 2.05) is 30.3 Å². The number of amides is 1. The van der Waals surface area contributed by atoms with Crippen molar-refractivity contribution in [3.63, 3.8) is 0 Å². The average molecular weight is 527 g/mol. The van der Waals surface area contributed by atoms with Crippen LogP contribution in [0.4, 0.5) is 5.13 Å². The first kappa shape index (κ1) is 25.5. The lowest BCUT2D eigenvalue weighted by atomic mass is 10.2. The molecule has 0 N–H and O–H groups in total. The van der Waals surface area contributed by atoms with Gasteiger partial charge in [-0.1, -0.05) is 41.7 Å². The van der Waals surface area contributed by atoms with E-state index in [0.29, 0.717) is 27.9 Å². The topological polar surface area (TPSA) is 95.0 Å². The number of aromatic nitrogens is 1. The summed E-state index contributed by atoms with van der Waals surface area (Å²) >= 11 is 1.29. The third-order valence-corrected chi connectivity index (χ3v) is 8.44. The molecule has 4 rings (SSSR count). The third-order valence-electron chi connectivity index (χ3n) is 5.62. The number of nitrogens with zero attached hydrogens (tertiary/aromatic N) is 2. The van der Waals surface area contributed by atoms with Crippen molar-refractivity contribution in [2.45, 2.75) is 17.9 Å². The highest BCUT2D eigenvalue weighted by molar-refractivity contribution is 7.91. The summed E-state index contributed by atoms with van der Waals surface area (Å²) in [6.45, 7) is 0.243. The Balaban J connectivity index is 1.65. The summed E-state index contributed by atoms with van der Waals surface area (Å²) in [5, 5.41) is 0.434. The Kier molecular flexibility index (Phi) is 7.76. The molecule has 0 radical (unpaired) electrons. The molecule has 1 aromatic heterocycles. The lowest BCUT2D eigenvalue weighted by Gasteiger charge is -2.20. The second kappa shape index (κ2) is 11.0. The monoisotopic (exact) mass is 526 g/mol. The van der Waals surface area contributed by atoms with Crippen molar-refractivity contribution in [2.24, 2.45) is 0 Å². The van der Waals surface area contributed by atoms with E-state index < -0.39 is 9.84 Å². The molecule has 0 aliphatic heterocycles. The molecule has 188 valence electrons. The Bertz CT molecular complexity index is 1410.